The van der Waals surface area contributed by atoms with E-state index in [0.29, 0.717) is 12.6 Å². The van der Waals surface area contributed by atoms with Gasteiger partial charge in [-0.2, -0.15) is 0 Å². The summed E-state index contributed by atoms with van der Waals surface area (Å²) in [4.78, 5) is 6.69. The number of halogens is 1. The Morgan fingerprint density at radius 3 is 2.89 bits per heavy atom. The molecule has 2 aromatic heterocycles. The molecule has 1 saturated heterocycles. The van der Waals surface area contributed by atoms with Gasteiger partial charge in [0.15, 0.2) is 0 Å². The Balaban J connectivity index is 1.58. The molecule has 2 aliphatic heterocycles. The molecule has 0 aliphatic carbocycles. The zero-order chi connectivity index (χ0) is 19.3. The van der Waals surface area contributed by atoms with E-state index in [-0.39, 0.29) is 0 Å². The third kappa shape index (κ3) is 3.03. The first-order valence-corrected chi connectivity index (χ1v) is 10.1. The lowest BCUT2D eigenvalue weighted by atomic mass is 9.97. The van der Waals surface area contributed by atoms with Crippen molar-refractivity contribution < 1.29 is 9.84 Å². The number of ether oxygens (including phenoxy) is 1. The summed E-state index contributed by atoms with van der Waals surface area (Å²) in [6, 6.07) is 10.4. The number of aliphatic hydroxyl groups is 1. The molecular weight excluding hydrogens is 374 g/mol. The van der Waals surface area contributed by atoms with E-state index in [9.17, 15) is 5.11 Å². The molecule has 0 saturated carbocycles. The maximum Gasteiger partial charge on any atom is 0.106 e. The molecule has 1 atom stereocenters. The third-order valence-electron chi connectivity index (χ3n) is 6.13. The first kappa shape index (κ1) is 18.1. The van der Waals surface area contributed by atoms with E-state index in [1.165, 1.54) is 16.6 Å². The van der Waals surface area contributed by atoms with Gasteiger partial charge in [-0.05, 0) is 36.8 Å². The molecule has 0 bridgehead atoms. The molecule has 28 heavy (non-hydrogen) atoms. The lowest BCUT2D eigenvalue weighted by molar-refractivity contribution is -0.0696. The van der Waals surface area contributed by atoms with Crippen LogP contribution in [0.25, 0.3) is 10.9 Å². The van der Waals surface area contributed by atoms with Crippen LogP contribution in [0.3, 0.4) is 0 Å². The van der Waals surface area contributed by atoms with Crippen molar-refractivity contribution >= 4 is 22.5 Å². The number of rotatable bonds is 4. The van der Waals surface area contributed by atoms with Gasteiger partial charge in [0.1, 0.15) is 5.60 Å². The van der Waals surface area contributed by atoms with Gasteiger partial charge in [-0.3, -0.25) is 9.88 Å². The highest BCUT2D eigenvalue weighted by atomic mass is 35.5. The van der Waals surface area contributed by atoms with Crippen LogP contribution in [0.15, 0.2) is 42.7 Å². The number of fused-ring (bicyclic) bond motifs is 3. The molecule has 0 spiro atoms. The van der Waals surface area contributed by atoms with Gasteiger partial charge >= 0.3 is 0 Å². The minimum Gasteiger partial charge on any atom is -0.384 e. The highest BCUT2D eigenvalue weighted by molar-refractivity contribution is 6.31. The summed E-state index contributed by atoms with van der Waals surface area (Å²) in [6.07, 6.45) is 4.43. The van der Waals surface area contributed by atoms with E-state index in [2.05, 4.69) is 26.6 Å². The zero-order valence-electron chi connectivity index (χ0n) is 15.9. The fourth-order valence-electron chi connectivity index (χ4n) is 4.45. The third-order valence-corrected chi connectivity index (χ3v) is 6.37. The molecule has 1 N–H and O–H groups in total. The van der Waals surface area contributed by atoms with E-state index in [0.717, 1.165) is 48.8 Å². The minimum atomic E-state index is -1.01. The van der Waals surface area contributed by atoms with E-state index in [1.807, 2.05) is 25.1 Å². The summed E-state index contributed by atoms with van der Waals surface area (Å²) in [5, 5.41) is 13.2. The first-order chi connectivity index (χ1) is 13.5. The Morgan fingerprint density at radius 2 is 2.18 bits per heavy atom. The molecular formula is C22H24ClN3O2. The van der Waals surface area contributed by atoms with Crippen LogP contribution in [0.1, 0.15) is 23.7 Å². The topological polar surface area (TPSA) is 50.5 Å². The van der Waals surface area contributed by atoms with Crippen molar-refractivity contribution in [3.63, 3.8) is 0 Å². The van der Waals surface area contributed by atoms with E-state index < -0.39 is 5.60 Å². The molecule has 6 heteroatoms. The number of benzene rings is 1. The molecule has 1 fully saturated rings. The van der Waals surface area contributed by atoms with Crippen LogP contribution in [0.5, 0.6) is 0 Å². The SMILES string of the molecule is CC(O)(Cn1c2c(c3cc(Cl)ccc31)CN(C1COC1)CC2)c1cccnc1. The smallest absolute Gasteiger partial charge is 0.106 e. The predicted octanol–water partition coefficient (Wildman–Crippen LogP) is 3.35. The normalized spacial score (nSPS) is 20.0. The Bertz CT molecular complexity index is 1010. The first-order valence-electron chi connectivity index (χ1n) is 9.77. The molecule has 2 aliphatic rings. The Hall–Kier alpha value is -1.92. The van der Waals surface area contributed by atoms with E-state index in [1.54, 1.807) is 12.4 Å². The average Bonchev–Trinajstić information content (AvgIpc) is 2.93. The van der Waals surface area contributed by atoms with Gasteiger partial charge in [0.2, 0.25) is 0 Å². The van der Waals surface area contributed by atoms with Crippen LogP contribution in [0.2, 0.25) is 5.02 Å². The van der Waals surface area contributed by atoms with Crippen molar-refractivity contribution in [3.05, 3.63) is 64.6 Å². The predicted molar refractivity (Wildman–Crippen MR) is 109 cm³/mol. The standard InChI is InChI=1S/C22H24ClN3O2/c1-22(27,15-3-2-7-24-10-15)14-26-20-5-4-16(23)9-18(20)19-11-25(8-6-21(19)26)17-12-28-13-17/h2-5,7,9-10,17,27H,6,8,11-14H2,1H3. The molecule has 146 valence electrons. The van der Waals surface area contributed by atoms with Gasteiger partial charge < -0.3 is 14.4 Å². The fourth-order valence-corrected chi connectivity index (χ4v) is 4.62. The van der Waals surface area contributed by atoms with Crippen molar-refractivity contribution in [1.82, 2.24) is 14.5 Å². The highest BCUT2D eigenvalue weighted by Gasteiger charge is 2.33. The van der Waals surface area contributed by atoms with Crippen molar-refractivity contribution in [2.75, 3.05) is 19.8 Å². The monoisotopic (exact) mass is 397 g/mol. The highest BCUT2D eigenvalue weighted by Crippen LogP contribution is 2.36. The summed E-state index contributed by atoms with van der Waals surface area (Å²) < 4.78 is 7.68. The quantitative estimate of drug-likeness (QED) is 0.733. The fraction of sp³-hybridized carbons (Fsp3) is 0.409. The van der Waals surface area contributed by atoms with Crippen LogP contribution in [-0.2, 0) is 29.8 Å². The van der Waals surface area contributed by atoms with Gasteiger partial charge in [-0.1, -0.05) is 17.7 Å². The van der Waals surface area contributed by atoms with Crippen LogP contribution in [-0.4, -0.2) is 45.4 Å². The molecule has 0 amide bonds. The van der Waals surface area contributed by atoms with Gasteiger partial charge in [-0.15, -0.1) is 0 Å². The van der Waals surface area contributed by atoms with E-state index in [4.69, 9.17) is 16.3 Å². The minimum absolute atomic E-state index is 0.485. The lowest BCUT2D eigenvalue weighted by Crippen LogP contribution is -2.50. The van der Waals surface area contributed by atoms with Gasteiger partial charge in [-0.25, -0.2) is 0 Å². The van der Waals surface area contributed by atoms with E-state index >= 15 is 0 Å². The van der Waals surface area contributed by atoms with Gasteiger partial charge in [0.25, 0.3) is 0 Å². The molecule has 1 unspecified atom stereocenters. The molecule has 3 aromatic rings. The number of hydrogen-bond donors (Lipinski definition) is 1. The number of nitrogens with zero attached hydrogens (tertiary/aromatic N) is 3. The van der Waals surface area contributed by atoms with Crippen molar-refractivity contribution in [3.8, 4) is 0 Å². The molecule has 1 aromatic carbocycles. The Labute approximate surface area is 169 Å². The van der Waals surface area contributed by atoms with Crippen molar-refractivity contribution in [1.29, 1.82) is 0 Å². The summed E-state index contributed by atoms with van der Waals surface area (Å²) in [7, 11) is 0. The maximum atomic E-state index is 11.2. The second-order valence-electron chi connectivity index (χ2n) is 8.10. The number of pyridine rings is 1. The Kier molecular flexibility index (Phi) is 4.43. The largest absolute Gasteiger partial charge is 0.384 e. The summed E-state index contributed by atoms with van der Waals surface area (Å²) in [5.41, 5.74) is 3.58. The van der Waals surface area contributed by atoms with Gasteiger partial charge in [0.05, 0.1) is 25.8 Å². The summed E-state index contributed by atoms with van der Waals surface area (Å²) in [5.74, 6) is 0. The molecule has 0 radical (unpaired) electrons. The Morgan fingerprint density at radius 1 is 1.32 bits per heavy atom. The average molecular weight is 398 g/mol. The molecule has 5 rings (SSSR count). The van der Waals surface area contributed by atoms with Crippen LogP contribution in [0, 0.1) is 0 Å². The number of aromatic nitrogens is 2. The van der Waals surface area contributed by atoms with Gasteiger partial charge in [0, 0.05) is 59.1 Å². The van der Waals surface area contributed by atoms with Crippen LogP contribution < -0.4 is 0 Å². The van der Waals surface area contributed by atoms with Crippen LogP contribution >= 0.6 is 11.6 Å². The number of hydrogen-bond acceptors (Lipinski definition) is 4. The zero-order valence-corrected chi connectivity index (χ0v) is 16.7. The van der Waals surface area contributed by atoms with Crippen molar-refractivity contribution in [2.24, 2.45) is 0 Å². The van der Waals surface area contributed by atoms with Crippen molar-refractivity contribution in [2.45, 2.75) is 38.1 Å². The maximum absolute atomic E-state index is 11.2. The second kappa shape index (κ2) is 6.85. The van der Waals surface area contributed by atoms with Crippen LogP contribution in [0.4, 0.5) is 0 Å². The summed E-state index contributed by atoms with van der Waals surface area (Å²) >= 11 is 6.34. The lowest BCUT2D eigenvalue weighted by Gasteiger charge is -2.39. The summed E-state index contributed by atoms with van der Waals surface area (Å²) in [6.45, 7) is 5.91. The molecule has 5 nitrogen and oxygen atoms in total. The second-order valence-corrected chi connectivity index (χ2v) is 8.54. The molecule has 4 heterocycles.